The normalized spacial score (nSPS) is 12.5. The number of aromatic nitrogens is 3. The zero-order chi connectivity index (χ0) is 15.9. The third-order valence-corrected chi connectivity index (χ3v) is 2.83. The van der Waals surface area contributed by atoms with Crippen LogP contribution in [0.1, 0.15) is 52.2 Å². The molecule has 7 heteroatoms. The first-order chi connectivity index (χ1) is 8.85. The second-order valence-electron chi connectivity index (χ2n) is 6.75. The molecule has 0 amide bonds. The molecule has 20 heavy (non-hydrogen) atoms. The smallest absolute Gasteiger partial charge is 0.374 e. The Morgan fingerprint density at radius 3 is 2.00 bits per heavy atom. The minimum atomic E-state index is -1.33. The maximum atomic E-state index is 12.3. The van der Waals surface area contributed by atoms with Crippen LogP contribution in [0, 0.1) is 5.41 Å². The predicted octanol–water partition coefficient (Wildman–Crippen LogP) is 1.11. The van der Waals surface area contributed by atoms with Crippen molar-refractivity contribution >= 4 is 11.8 Å². The van der Waals surface area contributed by atoms with Crippen molar-refractivity contribution in [1.29, 1.82) is 0 Å². The molecule has 0 spiro atoms. The SMILES string of the molecule is CC(C)(C)C(=O)Cn1c(C(=O)O)nn(C(C)(C)C)c1=O. The molecule has 0 bridgehead atoms. The number of carbonyl (C=O) groups is 2. The van der Waals surface area contributed by atoms with Crippen LogP contribution in [0.25, 0.3) is 0 Å². The Kier molecular flexibility index (Phi) is 3.94. The van der Waals surface area contributed by atoms with Crippen molar-refractivity contribution in [2.24, 2.45) is 5.41 Å². The van der Waals surface area contributed by atoms with Gasteiger partial charge in [-0.15, -0.1) is 5.10 Å². The lowest BCUT2D eigenvalue weighted by Crippen LogP contribution is -2.38. The zero-order valence-electron chi connectivity index (χ0n) is 12.7. The minimum absolute atomic E-state index is 0.226. The van der Waals surface area contributed by atoms with E-state index in [1.807, 2.05) is 0 Å². The molecule has 0 aliphatic heterocycles. The maximum absolute atomic E-state index is 12.3. The first kappa shape index (κ1) is 16.1. The Hall–Kier alpha value is -1.92. The van der Waals surface area contributed by atoms with Crippen LogP contribution in [0.2, 0.25) is 0 Å². The van der Waals surface area contributed by atoms with Crippen molar-refractivity contribution in [2.75, 3.05) is 0 Å². The summed E-state index contributed by atoms with van der Waals surface area (Å²) in [5.41, 5.74) is -1.90. The number of hydrogen-bond acceptors (Lipinski definition) is 4. The van der Waals surface area contributed by atoms with Crippen molar-refractivity contribution in [3.8, 4) is 0 Å². The van der Waals surface area contributed by atoms with Gasteiger partial charge in [-0.3, -0.25) is 9.36 Å². The van der Waals surface area contributed by atoms with Crippen LogP contribution in [0.3, 0.4) is 0 Å². The van der Waals surface area contributed by atoms with Gasteiger partial charge in [-0.05, 0) is 20.8 Å². The van der Waals surface area contributed by atoms with E-state index in [2.05, 4.69) is 5.10 Å². The van der Waals surface area contributed by atoms with Gasteiger partial charge in [-0.1, -0.05) is 20.8 Å². The number of hydrogen-bond donors (Lipinski definition) is 1. The lowest BCUT2D eigenvalue weighted by Gasteiger charge is -2.17. The molecule has 0 atom stereocenters. The first-order valence-corrected chi connectivity index (χ1v) is 6.32. The van der Waals surface area contributed by atoms with E-state index in [9.17, 15) is 14.4 Å². The van der Waals surface area contributed by atoms with E-state index >= 15 is 0 Å². The molecule has 1 aromatic heterocycles. The minimum Gasteiger partial charge on any atom is -0.475 e. The Bertz CT molecular complexity index is 597. The standard InChI is InChI=1S/C13H21N3O4/c1-12(2,3)8(17)7-15-9(10(18)19)14-16(11(15)20)13(4,5)6/h7H2,1-6H3,(H,18,19). The van der Waals surface area contributed by atoms with E-state index in [1.165, 1.54) is 0 Å². The molecule has 0 saturated carbocycles. The largest absolute Gasteiger partial charge is 0.475 e. The van der Waals surface area contributed by atoms with Gasteiger partial charge in [-0.2, -0.15) is 0 Å². The van der Waals surface area contributed by atoms with E-state index in [0.717, 1.165) is 9.25 Å². The van der Waals surface area contributed by atoms with Crippen LogP contribution in [-0.2, 0) is 16.9 Å². The fourth-order valence-electron chi connectivity index (χ4n) is 1.51. The predicted molar refractivity (Wildman–Crippen MR) is 72.9 cm³/mol. The Morgan fingerprint density at radius 2 is 1.65 bits per heavy atom. The highest BCUT2D eigenvalue weighted by atomic mass is 16.4. The lowest BCUT2D eigenvalue weighted by molar-refractivity contribution is -0.126. The number of rotatable bonds is 3. The van der Waals surface area contributed by atoms with Crippen molar-refractivity contribution in [1.82, 2.24) is 14.3 Å². The topological polar surface area (TPSA) is 94.2 Å². The highest BCUT2D eigenvalue weighted by Gasteiger charge is 2.29. The number of Topliss-reactive ketones (excluding diaryl/α,β-unsaturated/α-hetero) is 1. The molecule has 7 nitrogen and oxygen atoms in total. The number of ketones is 1. The molecule has 0 unspecified atom stereocenters. The summed E-state index contributed by atoms with van der Waals surface area (Å²) in [5, 5.41) is 13.0. The van der Waals surface area contributed by atoms with Crippen LogP contribution >= 0.6 is 0 Å². The summed E-state index contributed by atoms with van der Waals surface area (Å²) in [5.74, 6) is -1.97. The van der Waals surface area contributed by atoms with Crippen molar-refractivity contribution < 1.29 is 14.7 Å². The average molecular weight is 283 g/mol. The van der Waals surface area contributed by atoms with Crippen molar-refractivity contribution in [2.45, 2.75) is 53.6 Å². The molecule has 0 saturated heterocycles. The van der Waals surface area contributed by atoms with Crippen molar-refractivity contribution in [3.05, 3.63) is 16.3 Å². The highest BCUT2D eigenvalue weighted by molar-refractivity contribution is 5.86. The van der Waals surface area contributed by atoms with Gasteiger partial charge in [0.2, 0.25) is 5.82 Å². The summed E-state index contributed by atoms with van der Waals surface area (Å²) >= 11 is 0. The van der Waals surface area contributed by atoms with Gasteiger partial charge in [0.15, 0.2) is 5.78 Å². The number of nitrogens with zero attached hydrogens (tertiary/aromatic N) is 3. The summed E-state index contributed by atoms with van der Waals surface area (Å²) in [6.45, 7) is 10.1. The maximum Gasteiger partial charge on any atom is 0.374 e. The third kappa shape index (κ3) is 3.15. The Balaban J connectivity index is 3.39. The van der Waals surface area contributed by atoms with Crippen LogP contribution in [-0.4, -0.2) is 31.2 Å². The van der Waals surface area contributed by atoms with Gasteiger partial charge in [0.05, 0.1) is 12.1 Å². The van der Waals surface area contributed by atoms with Gasteiger partial charge in [0.25, 0.3) is 0 Å². The summed E-state index contributed by atoms with van der Waals surface area (Å²) in [6, 6.07) is 0. The fraction of sp³-hybridized carbons (Fsp3) is 0.692. The molecule has 0 aromatic carbocycles. The van der Waals surface area contributed by atoms with E-state index in [-0.39, 0.29) is 12.3 Å². The summed E-state index contributed by atoms with van der Waals surface area (Å²) in [6.07, 6.45) is 0. The molecule has 1 rings (SSSR count). The molecular weight excluding hydrogens is 262 g/mol. The average Bonchev–Trinajstić information content (AvgIpc) is 2.54. The van der Waals surface area contributed by atoms with Crippen LogP contribution in [0.5, 0.6) is 0 Å². The first-order valence-electron chi connectivity index (χ1n) is 6.32. The van der Waals surface area contributed by atoms with Gasteiger partial charge in [-0.25, -0.2) is 14.3 Å². The number of carboxylic acids is 1. The summed E-state index contributed by atoms with van der Waals surface area (Å²) in [4.78, 5) is 35.5. The second-order valence-corrected chi connectivity index (χ2v) is 6.75. The summed E-state index contributed by atoms with van der Waals surface area (Å²) in [7, 11) is 0. The molecule has 0 aliphatic carbocycles. The molecule has 1 aromatic rings. The number of carboxylic acid groups (broad SMARTS) is 1. The summed E-state index contributed by atoms with van der Waals surface area (Å²) < 4.78 is 2.01. The van der Waals surface area contributed by atoms with E-state index < -0.39 is 28.4 Å². The van der Waals surface area contributed by atoms with Gasteiger partial charge in [0.1, 0.15) is 0 Å². The van der Waals surface area contributed by atoms with E-state index in [4.69, 9.17) is 5.11 Å². The monoisotopic (exact) mass is 283 g/mol. The Morgan fingerprint density at radius 1 is 1.15 bits per heavy atom. The molecule has 1 N–H and O–H groups in total. The molecule has 112 valence electrons. The van der Waals surface area contributed by atoms with Crippen LogP contribution < -0.4 is 5.69 Å². The lowest BCUT2D eigenvalue weighted by atomic mass is 9.91. The molecule has 0 radical (unpaired) electrons. The number of aromatic carboxylic acids is 1. The quantitative estimate of drug-likeness (QED) is 0.896. The van der Waals surface area contributed by atoms with Crippen LogP contribution in [0.4, 0.5) is 0 Å². The van der Waals surface area contributed by atoms with E-state index in [0.29, 0.717) is 0 Å². The van der Waals surface area contributed by atoms with Gasteiger partial charge < -0.3 is 5.11 Å². The Labute approximate surface area is 117 Å². The van der Waals surface area contributed by atoms with Gasteiger partial charge in [0, 0.05) is 5.41 Å². The molecule has 0 fully saturated rings. The third-order valence-electron chi connectivity index (χ3n) is 2.83. The van der Waals surface area contributed by atoms with E-state index in [1.54, 1.807) is 41.5 Å². The fourth-order valence-corrected chi connectivity index (χ4v) is 1.51. The van der Waals surface area contributed by atoms with Crippen LogP contribution in [0.15, 0.2) is 4.79 Å². The van der Waals surface area contributed by atoms with Gasteiger partial charge >= 0.3 is 11.7 Å². The highest BCUT2D eigenvalue weighted by Crippen LogP contribution is 2.16. The number of carbonyl (C=O) groups excluding carboxylic acids is 1. The van der Waals surface area contributed by atoms with Crippen molar-refractivity contribution in [3.63, 3.8) is 0 Å². The second kappa shape index (κ2) is 4.88. The molecule has 1 heterocycles. The molecular formula is C13H21N3O4. The zero-order valence-corrected chi connectivity index (χ0v) is 12.7. The molecule has 0 aliphatic rings.